The lowest BCUT2D eigenvalue weighted by Gasteiger charge is -2.18. The number of carbonyl (C=O) groups excluding carboxylic acids is 1. The van der Waals surface area contributed by atoms with Gasteiger partial charge < -0.3 is 23.9 Å². The number of nitrogens with zero attached hydrogens (tertiary/aromatic N) is 1. The first-order valence-corrected chi connectivity index (χ1v) is 10.2. The van der Waals surface area contributed by atoms with Crippen molar-refractivity contribution in [1.82, 2.24) is 10.2 Å². The van der Waals surface area contributed by atoms with Crippen LogP contribution in [0.3, 0.4) is 0 Å². The normalized spacial score (nSPS) is 13.3. The Balaban J connectivity index is 1.27. The molecule has 2 heterocycles. The second kappa shape index (κ2) is 9.57. The number of ether oxygens (including phenoxy) is 3. The fourth-order valence-electron chi connectivity index (χ4n) is 3.43. The quantitative estimate of drug-likeness (QED) is 0.565. The molecule has 0 spiro atoms. The van der Waals surface area contributed by atoms with E-state index in [1.807, 2.05) is 31.2 Å². The maximum atomic E-state index is 12.4. The Morgan fingerprint density at radius 1 is 1.10 bits per heavy atom. The number of hydrogen-bond acceptors (Lipinski definition) is 6. The monoisotopic (exact) mass is 422 g/mol. The summed E-state index contributed by atoms with van der Waals surface area (Å²) in [6.45, 7) is 4.10. The van der Waals surface area contributed by atoms with Gasteiger partial charge in [0.1, 0.15) is 11.9 Å². The minimum atomic E-state index is -0.183. The molecule has 0 saturated carbocycles. The highest BCUT2D eigenvalue weighted by molar-refractivity contribution is 5.94. The van der Waals surface area contributed by atoms with Gasteiger partial charge in [-0.2, -0.15) is 0 Å². The van der Waals surface area contributed by atoms with E-state index in [9.17, 15) is 4.79 Å². The van der Waals surface area contributed by atoms with Gasteiger partial charge in [-0.3, -0.25) is 9.69 Å². The Morgan fingerprint density at radius 2 is 1.94 bits per heavy atom. The molecule has 1 aromatic heterocycles. The molecule has 4 rings (SSSR count). The Bertz CT molecular complexity index is 1020. The van der Waals surface area contributed by atoms with Crippen LogP contribution in [0.5, 0.6) is 17.2 Å². The second-order valence-electron chi connectivity index (χ2n) is 7.66. The zero-order valence-electron chi connectivity index (χ0n) is 17.7. The van der Waals surface area contributed by atoms with E-state index in [4.69, 9.17) is 18.6 Å². The van der Waals surface area contributed by atoms with Gasteiger partial charge in [-0.25, -0.2) is 0 Å². The Kier molecular flexibility index (Phi) is 6.43. The number of benzene rings is 2. The number of furan rings is 1. The minimum absolute atomic E-state index is 0.177. The lowest BCUT2D eigenvalue weighted by Crippen LogP contribution is -2.33. The summed E-state index contributed by atoms with van der Waals surface area (Å²) in [7, 11) is 2.06. The molecule has 0 saturated heterocycles. The van der Waals surface area contributed by atoms with Crippen LogP contribution in [0.15, 0.2) is 65.5 Å². The van der Waals surface area contributed by atoms with Crippen LogP contribution in [-0.4, -0.2) is 37.3 Å². The summed E-state index contributed by atoms with van der Waals surface area (Å²) in [5.74, 6) is 1.84. The first-order valence-electron chi connectivity index (χ1n) is 10.2. The van der Waals surface area contributed by atoms with Crippen molar-refractivity contribution in [2.75, 3.05) is 20.4 Å². The summed E-state index contributed by atoms with van der Waals surface area (Å²) in [4.78, 5) is 14.6. The highest BCUT2D eigenvalue weighted by atomic mass is 16.7. The number of amides is 1. The van der Waals surface area contributed by atoms with Crippen LogP contribution >= 0.6 is 0 Å². The maximum Gasteiger partial charge on any atom is 0.251 e. The highest BCUT2D eigenvalue weighted by Crippen LogP contribution is 2.32. The summed E-state index contributed by atoms with van der Waals surface area (Å²) >= 11 is 0. The summed E-state index contributed by atoms with van der Waals surface area (Å²) in [6.07, 6.45) is 3.26. The topological polar surface area (TPSA) is 73.2 Å². The van der Waals surface area contributed by atoms with Crippen LogP contribution in [-0.2, 0) is 13.1 Å². The molecule has 1 N–H and O–H groups in total. The van der Waals surface area contributed by atoms with E-state index < -0.39 is 0 Å². The lowest BCUT2D eigenvalue weighted by atomic mass is 10.2. The van der Waals surface area contributed by atoms with Crippen molar-refractivity contribution in [3.8, 4) is 17.2 Å². The van der Waals surface area contributed by atoms with Crippen molar-refractivity contribution in [2.24, 2.45) is 0 Å². The largest absolute Gasteiger partial charge is 0.489 e. The van der Waals surface area contributed by atoms with E-state index in [0.29, 0.717) is 23.6 Å². The SMILES string of the molecule is C[C@H](CNC(=O)c1ccc2c(c1)OCO2)Oc1cccc(CN(C)Cc2ccoc2)c1. The zero-order valence-corrected chi connectivity index (χ0v) is 17.7. The van der Waals surface area contributed by atoms with Crippen LogP contribution in [0.1, 0.15) is 28.4 Å². The molecule has 7 nitrogen and oxygen atoms in total. The second-order valence-corrected chi connectivity index (χ2v) is 7.66. The molecule has 162 valence electrons. The Labute approximate surface area is 181 Å². The van der Waals surface area contributed by atoms with Crippen molar-refractivity contribution in [3.05, 3.63) is 77.7 Å². The van der Waals surface area contributed by atoms with Crippen LogP contribution in [0.4, 0.5) is 0 Å². The number of nitrogens with one attached hydrogen (secondary N) is 1. The third kappa shape index (κ3) is 5.58. The smallest absolute Gasteiger partial charge is 0.251 e. The van der Waals surface area contributed by atoms with E-state index in [1.54, 1.807) is 30.7 Å². The van der Waals surface area contributed by atoms with Crippen LogP contribution in [0.2, 0.25) is 0 Å². The lowest BCUT2D eigenvalue weighted by molar-refractivity contribution is 0.0931. The molecule has 1 atom stereocenters. The van der Waals surface area contributed by atoms with Gasteiger partial charge in [0.2, 0.25) is 6.79 Å². The Hall–Kier alpha value is -3.45. The predicted molar refractivity (Wildman–Crippen MR) is 115 cm³/mol. The van der Waals surface area contributed by atoms with Gasteiger partial charge in [0, 0.05) is 24.2 Å². The predicted octanol–water partition coefficient (Wildman–Crippen LogP) is 3.84. The van der Waals surface area contributed by atoms with Gasteiger partial charge >= 0.3 is 0 Å². The molecule has 2 aromatic carbocycles. The maximum absolute atomic E-state index is 12.4. The number of rotatable bonds is 9. The first-order chi connectivity index (χ1) is 15.1. The number of fused-ring (bicyclic) bond motifs is 1. The fourth-order valence-corrected chi connectivity index (χ4v) is 3.43. The van der Waals surface area contributed by atoms with Crippen molar-refractivity contribution in [3.63, 3.8) is 0 Å². The van der Waals surface area contributed by atoms with Crippen molar-refractivity contribution >= 4 is 5.91 Å². The van der Waals surface area contributed by atoms with E-state index in [-0.39, 0.29) is 18.8 Å². The average Bonchev–Trinajstić information content (AvgIpc) is 3.43. The van der Waals surface area contributed by atoms with Gasteiger partial charge in [-0.1, -0.05) is 12.1 Å². The number of carbonyl (C=O) groups is 1. The van der Waals surface area contributed by atoms with E-state index in [2.05, 4.69) is 23.3 Å². The molecule has 31 heavy (non-hydrogen) atoms. The molecule has 0 radical (unpaired) electrons. The summed E-state index contributed by atoms with van der Waals surface area (Å²) in [5, 5.41) is 2.90. The minimum Gasteiger partial charge on any atom is -0.489 e. The molecule has 0 unspecified atom stereocenters. The van der Waals surface area contributed by atoms with Crippen molar-refractivity contribution < 1.29 is 23.4 Å². The molecule has 1 aliphatic heterocycles. The highest BCUT2D eigenvalue weighted by Gasteiger charge is 2.17. The molecule has 0 aliphatic carbocycles. The van der Waals surface area contributed by atoms with Gasteiger partial charge in [0.25, 0.3) is 5.91 Å². The van der Waals surface area contributed by atoms with Crippen molar-refractivity contribution in [1.29, 1.82) is 0 Å². The molecular formula is C24H26N2O5. The van der Waals surface area contributed by atoms with Crippen LogP contribution in [0.25, 0.3) is 0 Å². The standard InChI is InChI=1S/C24H26N2O5/c1-17(12-25-24(27)20-6-7-22-23(11-20)30-16-29-22)31-21-5-3-4-18(10-21)13-26(2)14-19-8-9-28-15-19/h3-11,15,17H,12-14,16H2,1-2H3,(H,25,27)/t17-/m1/s1. The molecule has 7 heteroatoms. The molecule has 1 aliphatic rings. The van der Waals surface area contributed by atoms with Gasteiger partial charge in [0.05, 0.1) is 19.1 Å². The summed E-state index contributed by atoms with van der Waals surface area (Å²) in [5.41, 5.74) is 2.82. The average molecular weight is 422 g/mol. The molecule has 1 amide bonds. The first kappa shape index (κ1) is 20.8. The van der Waals surface area contributed by atoms with Crippen LogP contribution < -0.4 is 19.5 Å². The van der Waals surface area contributed by atoms with E-state index >= 15 is 0 Å². The van der Waals surface area contributed by atoms with E-state index in [0.717, 1.165) is 30.0 Å². The third-order valence-corrected chi connectivity index (χ3v) is 4.91. The van der Waals surface area contributed by atoms with Gasteiger partial charge in [0.15, 0.2) is 11.5 Å². The molecule has 3 aromatic rings. The number of hydrogen-bond donors (Lipinski definition) is 1. The molecular weight excluding hydrogens is 396 g/mol. The van der Waals surface area contributed by atoms with E-state index in [1.165, 1.54) is 0 Å². The molecule has 0 fully saturated rings. The fraction of sp³-hybridized carbons (Fsp3) is 0.292. The zero-order chi connectivity index (χ0) is 21.6. The van der Waals surface area contributed by atoms with Crippen molar-refractivity contribution in [2.45, 2.75) is 26.1 Å². The van der Waals surface area contributed by atoms with Gasteiger partial charge in [-0.15, -0.1) is 0 Å². The third-order valence-electron chi connectivity index (χ3n) is 4.91. The van der Waals surface area contributed by atoms with Crippen LogP contribution in [0, 0.1) is 0 Å². The van der Waals surface area contributed by atoms with Gasteiger partial charge in [-0.05, 0) is 55.9 Å². The Morgan fingerprint density at radius 3 is 2.77 bits per heavy atom. The summed E-state index contributed by atoms with van der Waals surface area (Å²) < 4.78 is 21.7. The summed E-state index contributed by atoms with van der Waals surface area (Å²) in [6, 6.07) is 15.1. The molecule has 0 bridgehead atoms.